The number of nitrogens with zero attached hydrogens (tertiary/aromatic N) is 4. The molecule has 1 amide bonds. The lowest BCUT2D eigenvalue weighted by molar-refractivity contribution is 0.0885. The highest BCUT2D eigenvalue weighted by molar-refractivity contribution is 7.21. The van der Waals surface area contributed by atoms with Gasteiger partial charge in [0.2, 0.25) is 11.7 Å². The van der Waals surface area contributed by atoms with Gasteiger partial charge >= 0.3 is 0 Å². The van der Waals surface area contributed by atoms with Crippen molar-refractivity contribution in [3.8, 4) is 16.4 Å². The molecule has 4 aromatic heterocycles. The Labute approximate surface area is 187 Å². The summed E-state index contributed by atoms with van der Waals surface area (Å²) in [7, 11) is 0. The second-order valence-electron chi connectivity index (χ2n) is 7.79. The molecule has 0 fully saturated rings. The molecule has 8 nitrogen and oxygen atoms in total. The molecule has 0 aliphatic carbocycles. The Morgan fingerprint density at radius 2 is 1.97 bits per heavy atom. The predicted molar refractivity (Wildman–Crippen MR) is 121 cm³/mol. The van der Waals surface area contributed by atoms with Crippen LogP contribution in [0.25, 0.3) is 26.6 Å². The molecule has 0 saturated heterocycles. The van der Waals surface area contributed by atoms with E-state index in [0.29, 0.717) is 11.7 Å². The number of hydrogen-bond acceptors (Lipinski definition) is 7. The van der Waals surface area contributed by atoms with Gasteiger partial charge in [-0.3, -0.25) is 4.79 Å². The van der Waals surface area contributed by atoms with Crippen molar-refractivity contribution in [1.82, 2.24) is 25.2 Å². The van der Waals surface area contributed by atoms with Crippen LogP contribution in [0.5, 0.6) is 0 Å². The molecular formula is C23H21N5O3S. The van der Waals surface area contributed by atoms with Crippen molar-refractivity contribution in [1.29, 1.82) is 0 Å². The topological polar surface area (TPSA) is 99.0 Å². The first kappa shape index (κ1) is 20.2. The Kier molecular flexibility index (Phi) is 5.10. The summed E-state index contributed by atoms with van der Waals surface area (Å²) >= 11 is 1.55. The van der Waals surface area contributed by atoms with E-state index in [1.54, 1.807) is 23.5 Å². The Hall–Kier alpha value is -3.72. The number of nitrogens with one attached hydrogen (secondary N) is 1. The van der Waals surface area contributed by atoms with E-state index < -0.39 is 6.04 Å². The quantitative estimate of drug-likeness (QED) is 0.386. The normalized spacial score (nSPS) is 12.5. The zero-order valence-corrected chi connectivity index (χ0v) is 18.6. The molecular weight excluding hydrogens is 426 g/mol. The van der Waals surface area contributed by atoms with Gasteiger partial charge in [0.15, 0.2) is 5.76 Å². The van der Waals surface area contributed by atoms with Crippen molar-refractivity contribution >= 4 is 27.5 Å². The van der Waals surface area contributed by atoms with Gasteiger partial charge in [-0.25, -0.2) is 4.68 Å². The summed E-state index contributed by atoms with van der Waals surface area (Å²) in [5, 5.41) is 12.8. The number of thiophene rings is 1. The molecule has 0 bridgehead atoms. The zero-order chi connectivity index (χ0) is 22.2. The highest BCUT2D eigenvalue weighted by atomic mass is 32.1. The van der Waals surface area contributed by atoms with Gasteiger partial charge in [0.1, 0.15) is 10.9 Å². The second-order valence-corrected chi connectivity index (χ2v) is 8.82. The molecule has 0 saturated carbocycles. The highest BCUT2D eigenvalue weighted by Crippen LogP contribution is 2.35. The van der Waals surface area contributed by atoms with Gasteiger partial charge < -0.3 is 14.3 Å². The molecule has 0 aliphatic rings. The molecule has 0 spiro atoms. The van der Waals surface area contributed by atoms with Crippen LogP contribution in [0.4, 0.5) is 0 Å². The molecule has 5 aromatic rings. The lowest BCUT2D eigenvalue weighted by Gasteiger charge is -2.17. The Bertz CT molecular complexity index is 1370. The zero-order valence-electron chi connectivity index (χ0n) is 17.8. The minimum absolute atomic E-state index is 0.0403. The van der Waals surface area contributed by atoms with E-state index in [0.717, 1.165) is 26.5 Å². The van der Waals surface area contributed by atoms with Crippen molar-refractivity contribution in [2.45, 2.75) is 26.8 Å². The molecule has 0 radical (unpaired) electrons. The van der Waals surface area contributed by atoms with E-state index in [2.05, 4.69) is 20.6 Å². The number of fused-ring (bicyclic) bond motifs is 1. The van der Waals surface area contributed by atoms with E-state index in [1.165, 1.54) is 6.26 Å². The molecule has 5 rings (SSSR count). The third kappa shape index (κ3) is 3.60. The van der Waals surface area contributed by atoms with Gasteiger partial charge in [-0.05, 0) is 43.2 Å². The number of para-hydroxylation sites is 1. The van der Waals surface area contributed by atoms with Gasteiger partial charge in [0.25, 0.3) is 5.91 Å². The number of carbonyl (C=O) groups is 1. The van der Waals surface area contributed by atoms with Gasteiger partial charge in [0, 0.05) is 5.39 Å². The van der Waals surface area contributed by atoms with Gasteiger partial charge in [-0.2, -0.15) is 10.1 Å². The number of amides is 1. The average molecular weight is 448 g/mol. The van der Waals surface area contributed by atoms with Crippen LogP contribution in [-0.2, 0) is 0 Å². The van der Waals surface area contributed by atoms with Crippen molar-refractivity contribution in [3.63, 3.8) is 0 Å². The number of carbonyl (C=O) groups excluding carboxylic acids is 1. The number of aryl methyl sites for hydroxylation is 1. The molecule has 1 atom stereocenters. The van der Waals surface area contributed by atoms with Crippen LogP contribution in [0.3, 0.4) is 0 Å². The van der Waals surface area contributed by atoms with E-state index in [1.807, 2.05) is 61.9 Å². The highest BCUT2D eigenvalue weighted by Gasteiger charge is 2.27. The van der Waals surface area contributed by atoms with Crippen LogP contribution in [0.1, 0.15) is 42.0 Å². The first-order valence-electron chi connectivity index (χ1n) is 10.2. The molecule has 162 valence electrons. The van der Waals surface area contributed by atoms with Crippen molar-refractivity contribution in [2.75, 3.05) is 0 Å². The molecule has 32 heavy (non-hydrogen) atoms. The first-order valence-corrected chi connectivity index (χ1v) is 11.1. The molecule has 1 aromatic carbocycles. The standard InChI is InChI=1S/C23H21N5O3S/c1-13(2)19(24-21(29)17-10-7-11-30-17)22-25-20(27-31-22)18-12-16-14(3)26-28(23(16)32-18)15-8-5-4-6-9-15/h4-13,19H,1-3H3,(H,24,29)/t19-/m0/s1. The van der Waals surface area contributed by atoms with Crippen LogP contribution in [-0.4, -0.2) is 25.8 Å². The fraction of sp³-hybridized carbons (Fsp3) is 0.217. The maximum absolute atomic E-state index is 12.5. The lowest BCUT2D eigenvalue weighted by atomic mass is 10.0. The van der Waals surface area contributed by atoms with Gasteiger partial charge in [-0.1, -0.05) is 37.2 Å². The Morgan fingerprint density at radius 3 is 2.69 bits per heavy atom. The third-order valence-corrected chi connectivity index (χ3v) is 6.28. The lowest BCUT2D eigenvalue weighted by Crippen LogP contribution is -2.31. The summed E-state index contributed by atoms with van der Waals surface area (Å²) in [5.74, 6) is 0.792. The maximum atomic E-state index is 12.5. The summed E-state index contributed by atoms with van der Waals surface area (Å²) < 4.78 is 12.7. The maximum Gasteiger partial charge on any atom is 0.287 e. The largest absolute Gasteiger partial charge is 0.459 e. The average Bonchev–Trinajstić information content (AvgIpc) is 3.57. The number of hydrogen-bond donors (Lipinski definition) is 1. The summed E-state index contributed by atoms with van der Waals surface area (Å²) in [6.07, 6.45) is 1.46. The molecule has 4 heterocycles. The number of rotatable bonds is 6. The smallest absolute Gasteiger partial charge is 0.287 e. The van der Waals surface area contributed by atoms with Gasteiger partial charge in [-0.15, -0.1) is 11.3 Å². The fourth-order valence-corrected chi connectivity index (χ4v) is 4.61. The van der Waals surface area contributed by atoms with E-state index >= 15 is 0 Å². The molecule has 9 heteroatoms. The van der Waals surface area contributed by atoms with E-state index in [4.69, 9.17) is 8.94 Å². The van der Waals surface area contributed by atoms with Crippen molar-refractivity contribution in [2.24, 2.45) is 5.92 Å². The minimum atomic E-state index is -0.440. The SMILES string of the molecule is Cc1nn(-c2ccccc2)c2sc(-c3noc([C@@H](NC(=O)c4ccco4)C(C)C)n3)cc12. The first-order chi connectivity index (χ1) is 15.5. The van der Waals surface area contributed by atoms with Crippen molar-refractivity contribution < 1.29 is 13.7 Å². The Morgan fingerprint density at radius 1 is 1.16 bits per heavy atom. The van der Waals surface area contributed by atoms with Crippen LogP contribution in [0, 0.1) is 12.8 Å². The summed E-state index contributed by atoms with van der Waals surface area (Å²) in [4.78, 5) is 19.0. The van der Waals surface area contributed by atoms with E-state index in [9.17, 15) is 4.79 Å². The summed E-state index contributed by atoms with van der Waals surface area (Å²) in [6, 6.07) is 14.9. The second kappa shape index (κ2) is 8.08. The molecule has 0 unspecified atom stereocenters. The predicted octanol–water partition coefficient (Wildman–Crippen LogP) is 5.17. The van der Waals surface area contributed by atoms with Gasteiger partial charge in [0.05, 0.1) is 22.5 Å². The van der Waals surface area contributed by atoms with Crippen LogP contribution in [0.2, 0.25) is 0 Å². The number of aromatic nitrogens is 4. The van der Waals surface area contributed by atoms with Crippen molar-refractivity contribution in [3.05, 3.63) is 72.1 Å². The summed E-state index contributed by atoms with van der Waals surface area (Å²) in [6.45, 7) is 5.95. The number of furan rings is 1. The third-order valence-electron chi connectivity index (χ3n) is 5.17. The number of benzene rings is 1. The molecule has 1 N–H and O–H groups in total. The van der Waals surface area contributed by atoms with Crippen LogP contribution >= 0.6 is 11.3 Å². The molecule has 0 aliphatic heterocycles. The van der Waals surface area contributed by atoms with Crippen LogP contribution in [0.15, 0.2) is 63.7 Å². The summed E-state index contributed by atoms with van der Waals surface area (Å²) in [5.41, 5.74) is 1.93. The fourth-order valence-electron chi connectivity index (χ4n) is 3.50. The van der Waals surface area contributed by atoms with Crippen LogP contribution < -0.4 is 5.32 Å². The monoisotopic (exact) mass is 447 g/mol. The Balaban J connectivity index is 1.46. The van der Waals surface area contributed by atoms with E-state index in [-0.39, 0.29) is 17.6 Å². The minimum Gasteiger partial charge on any atom is -0.459 e.